The lowest BCUT2D eigenvalue weighted by atomic mass is 9.95. The van der Waals surface area contributed by atoms with E-state index >= 15 is 0 Å². The lowest BCUT2D eigenvalue weighted by Crippen LogP contribution is -2.27. The zero-order chi connectivity index (χ0) is 15.9. The highest BCUT2D eigenvalue weighted by Crippen LogP contribution is 2.13. The fraction of sp³-hybridized carbons (Fsp3) is 0.882. The lowest BCUT2D eigenvalue weighted by molar-refractivity contribution is -0.146. The topological polar surface area (TPSA) is 69.4 Å². The van der Waals surface area contributed by atoms with Crippen LogP contribution in [0.1, 0.15) is 78.1 Å². The van der Waals surface area contributed by atoms with Gasteiger partial charge in [-0.2, -0.15) is 0 Å². The summed E-state index contributed by atoms with van der Waals surface area (Å²) in [5.74, 6) is -0.581. The molecule has 0 aliphatic carbocycles. The molecule has 4 nitrogen and oxygen atoms in total. The molecule has 0 amide bonds. The number of hydrogen-bond acceptors (Lipinski definition) is 4. The van der Waals surface area contributed by atoms with Crippen LogP contribution in [0.4, 0.5) is 0 Å². The third-order valence-electron chi connectivity index (χ3n) is 3.73. The van der Waals surface area contributed by atoms with Crippen LogP contribution < -0.4 is 5.73 Å². The van der Waals surface area contributed by atoms with Gasteiger partial charge in [0.05, 0.1) is 13.0 Å². The van der Waals surface area contributed by atoms with Crippen molar-refractivity contribution in [1.82, 2.24) is 0 Å². The molecule has 0 saturated carbocycles. The highest BCUT2D eigenvalue weighted by Gasteiger charge is 2.20. The highest BCUT2D eigenvalue weighted by atomic mass is 16.5. The quantitative estimate of drug-likeness (QED) is 0.393. The van der Waals surface area contributed by atoms with E-state index in [1.54, 1.807) is 6.92 Å². The fourth-order valence-electron chi connectivity index (χ4n) is 2.39. The summed E-state index contributed by atoms with van der Waals surface area (Å²) >= 11 is 0. The van der Waals surface area contributed by atoms with Gasteiger partial charge < -0.3 is 10.5 Å². The predicted molar refractivity (Wildman–Crippen MR) is 86.0 cm³/mol. The number of carbonyl (C=O) groups is 2. The Hall–Kier alpha value is -0.900. The van der Waals surface area contributed by atoms with Crippen LogP contribution in [0.2, 0.25) is 0 Å². The molecule has 0 spiro atoms. The number of carbonyl (C=O) groups excluding carboxylic acids is 2. The van der Waals surface area contributed by atoms with E-state index in [2.05, 4.69) is 6.92 Å². The second-order valence-corrected chi connectivity index (χ2v) is 5.63. The van der Waals surface area contributed by atoms with E-state index < -0.39 is 0 Å². The molecule has 21 heavy (non-hydrogen) atoms. The molecule has 0 saturated heterocycles. The fourth-order valence-corrected chi connectivity index (χ4v) is 2.39. The van der Waals surface area contributed by atoms with Crippen LogP contribution in [0.5, 0.6) is 0 Å². The van der Waals surface area contributed by atoms with Crippen LogP contribution in [-0.4, -0.2) is 24.9 Å². The van der Waals surface area contributed by atoms with Crippen molar-refractivity contribution >= 4 is 11.8 Å². The molecule has 0 rings (SSSR count). The molecule has 4 heteroatoms. The normalized spacial score (nSPS) is 12.1. The van der Waals surface area contributed by atoms with Gasteiger partial charge in [-0.3, -0.25) is 9.59 Å². The van der Waals surface area contributed by atoms with Crippen molar-refractivity contribution in [3.63, 3.8) is 0 Å². The first-order valence-electron chi connectivity index (χ1n) is 8.54. The van der Waals surface area contributed by atoms with Crippen LogP contribution in [0, 0.1) is 5.92 Å². The molecule has 0 aliphatic heterocycles. The summed E-state index contributed by atoms with van der Waals surface area (Å²) in [4.78, 5) is 23.4. The van der Waals surface area contributed by atoms with E-state index in [0.29, 0.717) is 13.0 Å². The van der Waals surface area contributed by atoms with Crippen LogP contribution in [0.3, 0.4) is 0 Å². The minimum atomic E-state index is -0.367. The average Bonchev–Trinajstić information content (AvgIpc) is 2.47. The second-order valence-electron chi connectivity index (χ2n) is 5.63. The standard InChI is InChI=1S/C17H33NO3/c1-3-5-6-7-8-9-10-11-12-16(19)15(14-18)13-17(20)21-4-2/h15H,3-14,18H2,1-2H3. The number of ketones is 1. The Bertz CT molecular complexity index is 279. The van der Waals surface area contributed by atoms with Crippen molar-refractivity contribution in [2.45, 2.75) is 78.1 Å². The van der Waals surface area contributed by atoms with Gasteiger partial charge in [0, 0.05) is 18.9 Å². The lowest BCUT2D eigenvalue weighted by Gasteiger charge is -2.12. The first-order valence-corrected chi connectivity index (χ1v) is 8.54. The van der Waals surface area contributed by atoms with E-state index in [1.165, 1.54) is 38.5 Å². The third kappa shape index (κ3) is 11.4. The second kappa shape index (κ2) is 14.1. The number of nitrogens with two attached hydrogens (primary N) is 1. The summed E-state index contributed by atoms with van der Waals surface area (Å²) in [6.45, 7) is 4.56. The van der Waals surface area contributed by atoms with E-state index in [9.17, 15) is 9.59 Å². The maximum atomic E-state index is 12.0. The molecule has 0 radical (unpaired) electrons. The van der Waals surface area contributed by atoms with Crippen molar-refractivity contribution in [1.29, 1.82) is 0 Å². The molecule has 0 aliphatic rings. The molecule has 0 bridgehead atoms. The molecular weight excluding hydrogens is 266 g/mol. The largest absolute Gasteiger partial charge is 0.466 e. The zero-order valence-corrected chi connectivity index (χ0v) is 13.9. The minimum Gasteiger partial charge on any atom is -0.466 e. The summed E-state index contributed by atoms with van der Waals surface area (Å²) in [5.41, 5.74) is 5.59. The summed E-state index contributed by atoms with van der Waals surface area (Å²) in [5, 5.41) is 0. The van der Waals surface area contributed by atoms with Crippen molar-refractivity contribution in [2.24, 2.45) is 11.7 Å². The van der Waals surface area contributed by atoms with Gasteiger partial charge in [-0.05, 0) is 13.3 Å². The molecule has 1 unspecified atom stereocenters. The Morgan fingerprint density at radius 2 is 1.52 bits per heavy atom. The van der Waals surface area contributed by atoms with Gasteiger partial charge in [-0.15, -0.1) is 0 Å². The number of unbranched alkanes of at least 4 members (excludes halogenated alkanes) is 7. The van der Waals surface area contributed by atoms with Gasteiger partial charge >= 0.3 is 5.97 Å². The van der Waals surface area contributed by atoms with Gasteiger partial charge in [-0.25, -0.2) is 0 Å². The van der Waals surface area contributed by atoms with Crippen molar-refractivity contribution in [3.8, 4) is 0 Å². The summed E-state index contributed by atoms with van der Waals surface area (Å²) in [7, 11) is 0. The maximum Gasteiger partial charge on any atom is 0.306 e. The SMILES string of the molecule is CCCCCCCCCCC(=O)C(CN)CC(=O)OCC. The number of hydrogen-bond donors (Lipinski definition) is 1. The highest BCUT2D eigenvalue weighted by molar-refractivity contribution is 5.85. The molecule has 0 aromatic rings. The summed E-state index contributed by atoms with van der Waals surface area (Å²) in [6.07, 6.45) is 10.3. The average molecular weight is 299 g/mol. The van der Waals surface area contributed by atoms with Crippen molar-refractivity contribution < 1.29 is 14.3 Å². The Kier molecular flexibility index (Phi) is 13.5. The van der Waals surface area contributed by atoms with E-state index in [0.717, 1.165) is 12.8 Å². The number of esters is 1. The van der Waals surface area contributed by atoms with Gasteiger partial charge in [0.15, 0.2) is 0 Å². The first-order chi connectivity index (χ1) is 10.2. The summed E-state index contributed by atoms with van der Waals surface area (Å²) < 4.78 is 4.87. The Balaban J connectivity index is 3.68. The third-order valence-corrected chi connectivity index (χ3v) is 3.73. The molecule has 0 heterocycles. The minimum absolute atomic E-state index is 0.108. The Morgan fingerprint density at radius 1 is 0.952 bits per heavy atom. The number of ether oxygens (including phenoxy) is 1. The molecule has 2 N–H and O–H groups in total. The van der Waals surface area contributed by atoms with Crippen LogP contribution in [0.15, 0.2) is 0 Å². The van der Waals surface area contributed by atoms with Crippen LogP contribution in [0.25, 0.3) is 0 Å². The van der Waals surface area contributed by atoms with Crippen LogP contribution in [-0.2, 0) is 14.3 Å². The van der Waals surface area contributed by atoms with Gasteiger partial charge in [0.2, 0.25) is 0 Å². The molecule has 0 aromatic heterocycles. The Labute approximate surface area is 129 Å². The van der Waals surface area contributed by atoms with Crippen molar-refractivity contribution in [3.05, 3.63) is 0 Å². The molecule has 0 fully saturated rings. The van der Waals surface area contributed by atoms with Crippen LogP contribution >= 0.6 is 0 Å². The van der Waals surface area contributed by atoms with E-state index in [4.69, 9.17) is 10.5 Å². The molecule has 1 atom stereocenters. The van der Waals surface area contributed by atoms with Gasteiger partial charge in [-0.1, -0.05) is 51.9 Å². The summed E-state index contributed by atoms with van der Waals surface area (Å²) in [6, 6.07) is 0. The van der Waals surface area contributed by atoms with Gasteiger partial charge in [0.25, 0.3) is 0 Å². The van der Waals surface area contributed by atoms with E-state index in [1.807, 2.05) is 0 Å². The number of rotatable bonds is 14. The monoisotopic (exact) mass is 299 g/mol. The molecule has 124 valence electrons. The number of Topliss-reactive ketones (excluding diaryl/α,β-unsaturated/α-hetero) is 1. The molecular formula is C17H33NO3. The van der Waals surface area contributed by atoms with Crippen molar-refractivity contribution in [2.75, 3.05) is 13.2 Å². The maximum absolute atomic E-state index is 12.0. The predicted octanol–water partition coefficient (Wildman–Crippen LogP) is 3.61. The smallest absolute Gasteiger partial charge is 0.306 e. The molecule has 0 aromatic carbocycles. The van der Waals surface area contributed by atoms with Gasteiger partial charge in [0.1, 0.15) is 5.78 Å². The Morgan fingerprint density at radius 3 is 2.05 bits per heavy atom. The zero-order valence-electron chi connectivity index (χ0n) is 13.9. The van der Waals surface area contributed by atoms with E-state index in [-0.39, 0.29) is 30.6 Å². The first kappa shape index (κ1) is 20.1.